The van der Waals surface area contributed by atoms with Crippen molar-refractivity contribution in [2.75, 3.05) is 5.88 Å². The van der Waals surface area contributed by atoms with Crippen molar-refractivity contribution >= 4 is 17.5 Å². The van der Waals surface area contributed by atoms with Gasteiger partial charge in [0.2, 0.25) is 11.8 Å². The number of carbonyl (C=O) groups excluding carboxylic acids is 1. The maximum atomic E-state index is 11.9. The first-order chi connectivity index (χ1) is 9.69. The highest BCUT2D eigenvalue weighted by molar-refractivity contribution is 6.27. The Labute approximate surface area is 124 Å². The van der Waals surface area contributed by atoms with Gasteiger partial charge in [-0.1, -0.05) is 6.07 Å². The number of aromatic nitrogens is 1. The highest BCUT2D eigenvalue weighted by atomic mass is 35.5. The molecule has 0 spiro atoms. The number of carbonyl (C=O) groups is 1. The van der Waals surface area contributed by atoms with Crippen LogP contribution in [-0.4, -0.2) is 39.9 Å². The van der Waals surface area contributed by atoms with Crippen LogP contribution in [0.1, 0.15) is 31.2 Å². The Kier molecular flexibility index (Phi) is 3.83. The maximum absolute atomic E-state index is 11.9. The average Bonchev–Trinajstić information content (AvgIpc) is 2.72. The minimum Gasteiger partial charge on any atom is -0.474 e. The summed E-state index contributed by atoms with van der Waals surface area (Å²) in [5.74, 6) is 0.860. The molecule has 2 saturated heterocycles. The van der Waals surface area contributed by atoms with E-state index in [1.165, 1.54) is 0 Å². The highest BCUT2D eigenvalue weighted by Crippen LogP contribution is 2.37. The van der Waals surface area contributed by atoms with Crippen molar-refractivity contribution in [2.45, 2.75) is 50.8 Å². The van der Waals surface area contributed by atoms with Gasteiger partial charge < -0.3 is 9.64 Å². The van der Waals surface area contributed by atoms with Crippen LogP contribution in [0.25, 0.3) is 0 Å². The van der Waals surface area contributed by atoms with E-state index in [0.29, 0.717) is 5.88 Å². The number of pyridine rings is 1. The predicted octanol–water partition coefficient (Wildman–Crippen LogP) is 2.53. The topological polar surface area (TPSA) is 42.4 Å². The van der Waals surface area contributed by atoms with Gasteiger partial charge >= 0.3 is 0 Å². The van der Waals surface area contributed by atoms with Gasteiger partial charge in [0.1, 0.15) is 12.0 Å². The minimum absolute atomic E-state index is 0.0617. The van der Waals surface area contributed by atoms with Crippen LogP contribution in [0.3, 0.4) is 0 Å². The monoisotopic (exact) mass is 294 g/mol. The van der Waals surface area contributed by atoms with Gasteiger partial charge in [-0.2, -0.15) is 0 Å². The average molecular weight is 295 g/mol. The number of nitrogens with zero attached hydrogens (tertiary/aromatic N) is 2. The molecule has 4 nitrogen and oxygen atoms in total. The molecule has 2 unspecified atom stereocenters. The second kappa shape index (κ2) is 5.60. The Morgan fingerprint density at radius 3 is 2.75 bits per heavy atom. The maximum Gasteiger partial charge on any atom is 0.237 e. The SMILES string of the molecule is Cc1cccnc1OC1CC2CCC(C1)N2C(=O)CCl. The summed E-state index contributed by atoms with van der Waals surface area (Å²) in [6.45, 7) is 2.00. The fourth-order valence-electron chi connectivity index (χ4n) is 3.45. The number of amides is 1. The van der Waals surface area contributed by atoms with Crippen LogP contribution in [0.2, 0.25) is 0 Å². The summed E-state index contributed by atoms with van der Waals surface area (Å²) in [6.07, 6.45) is 5.80. The third kappa shape index (κ3) is 2.49. The summed E-state index contributed by atoms with van der Waals surface area (Å²) in [6, 6.07) is 4.49. The van der Waals surface area contributed by atoms with Crippen molar-refractivity contribution in [3.8, 4) is 5.88 Å². The van der Waals surface area contributed by atoms with Gasteiger partial charge in [-0.05, 0) is 25.8 Å². The molecule has 2 aliphatic rings. The number of halogens is 1. The highest BCUT2D eigenvalue weighted by Gasteiger charge is 2.43. The Morgan fingerprint density at radius 1 is 1.45 bits per heavy atom. The second-order valence-corrected chi connectivity index (χ2v) is 5.92. The minimum atomic E-state index is 0.0617. The molecule has 108 valence electrons. The van der Waals surface area contributed by atoms with E-state index in [4.69, 9.17) is 16.3 Å². The number of hydrogen-bond donors (Lipinski definition) is 0. The molecular formula is C15H19ClN2O2. The molecule has 0 saturated carbocycles. The first-order valence-corrected chi connectivity index (χ1v) is 7.68. The lowest BCUT2D eigenvalue weighted by molar-refractivity contribution is -0.134. The molecular weight excluding hydrogens is 276 g/mol. The van der Waals surface area contributed by atoms with Crippen LogP contribution < -0.4 is 4.74 Å². The molecule has 0 aliphatic carbocycles. The lowest BCUT2D eigenvalue weighted by Gasteiger charge is -2.38. The van der Waals surface area contributed by atoms with Crippen molar-refractivity contribution in [3.05, 3.63) is 23.9 Å². The molecule has 1 amide bonds. The van der Waals surface area contributed by atoms with Gasteiger partial charge in [0.15, 0.2) is 0 Å². The van der Waals surface area contributed by atoms with Crippen molar-refractivity contribution in [1.82, 2.24) is 9.88 Å². The van der Waals surface area contributed by atoms with Gasteiger partial charge in [0, 0.05) is 36.7 Å². The van der Waals surface area contributed by atoms with Crippen molar-refractivity contribution in [1.29, 1.82) is 0 Å². The number of piperidine rings is 1. The largest absolute Gasteiger partial charge is 0.474 e. The molecule has 2 fully saturated rings. The van der Waals surface area contributed by atoms with Crippen LogP contribution in [0.4, 0.5) is 0 Å². The van der Waals surface area contributed by atoms with Gasteiger partial charge in [-0.3, -0.25) is 4.79 Å². The third-order valence-corrected chi connectivity index (χ3v) is 4.56. The number of rotatable bonds is 3. The van der Waals surface area contributed by atoms with Gasteiger partial charge in [0.05, 0.1) is 0 Å². The third-order valence-electron chi connectivity index (χ3n) is 4.33. The Bertz CT molecular complexity index is 494. The van der Waals surface area contributed by atoms with Crippen molar-refractivity contribution in [3.63, 3.8) is 0 Å². The van der Waals surface area contributed by atoms with Crippen LogP contribution in [-0.2, 0) is 4.79 Å². The molecule has 5 heteroatoms. The molecule has 0 N–H and O–H groups in total. The van der Waals surface area contributed by atoms with E-state index in [0.717, 1.165) is 31.2 Å². The van der Waals surface area contributed by atoms with E-state index in [2.05, 4.69) is 4.98 Å². The summed E-state index contributed by atoms with van der Waals surface area (Å²) in [5, 5.41) is 0. The molecule has 2 bridgehead atoms. The lowest BCUT2D eigenvalue weighted by Crippen LogP contribution is -2.49. The summed E-state index contributed by atoms with van der Waals surface area (Å²) in [7, 11) is 0. The fourth-order valence-corrected chi connectivity index (χ4v) is 3.59. The van der Waals surface area contributed by atoms with Crippen LogP contribution in [0.15, 0.2) is 18.3 Å². The summed E-state index contributed by atoms with van der Waals surface area (Å²) in [4.78, 5) is 18.2. The van der Waals surface area contributed by atoms with Crippen LogP contribution in [0.5, 0.6) is 5.88 Å². The van der Waals surface area contributed by atoms with E-state index >= 15 is 0 Å². The smallest absolute Gasteiger partial charge is 0.237 e. The fraction of sp³-hybridized carbons (Fsp3) is 0.600. The zero-order valence-electron chi connectivity index (χ0n) is 11.6. The van der Waals surface area contributed by atoms with Crippen LogP contribution in [0, 0.1) is 6.92 Å². The van der Waals surface area contributed by atoms with E-state index in [1.54, 1.807) is 6.20 Å². The van der Waals surface area contributed by atoms with Gasteiger partial charge in [-0.15, -0.1) is 11.6 Å². The lowest BCUT2D eigenvalue weighted by atomic mass is 9.99. The molecule has 3 rings (SSSR count). The molecule has 3 heterocycles. The van der Waals surface area contributed by atoms with E-state index in [-0.39, 0.29) is 30.0 Å². The molecule has 2 aliphatic heterocycles. The molecule has 0 aromatic carbocycles. The van der Waals surface area contributed by atoms with Crippen LogP contribution >= 0.6 is 11.6 Å². The number of alkyl halides is 1. The van der Waals surface area contributed by atoms with Crippen molar-refractivity contribution < 1.29 is 9.53 Å². The van der Waals surface area contributed by atoms with Gasteiger partial charge in [-0.25, -0.2) is 4.98 Å². The summed E-state index contributed by atoms with van der Waals surface area (Å²) in [5.41, 5.74) is 1.05. The van der Waals surface area contributed by atoms with Gasteiger partial charge in [0.25, 0.3) is 0 Å². The van der Waals surface area contributed by atoms with E-state index < -0.39 is 0 Å². The normalized spacial score (nSPS) is 28.5. The van der Waals surface area contributed by atoms with E-state index in [1.807, 2.05) is 24.0 Å². The Hall–Kier alpha value is -1.29. The summed E-state index contributed by atoms with van der Waals surface area (Å²) >= 11 is 5.70. The molecule has 1 aromatic heterocycles. The zero-order valence-corrected chi connectivity index (χ0v) is 12.3. The number of aryl methyl sites for hydroxylation is 1. The standard InChI is InChI=1S/C15H19ClN2O2/c1-10-3-2-6-17-15(10)20-13-7-11-4-5-12(8-13)18(11)14(19)9-16/h2-3,6,11-13H,4-5,7-9H2,1H3. The molecule has 2 atom stereocenters. The first-order valence-electron chi connectivity index (χ1n) is 7.14. The second-order valence-electron chi connectivity index (χ2n) is 5.66. The number of hydrogen-bond acceptors (Lipinski definition) is 3. The van der Waals surface area contributed by atoms with E-state index in [9.17, 15) is 4.79 Å². The zero-order chi connectivity index (χ0) is 14.1. The Morgan fingerprint density at radius 2 is 2.15 bits per heavy atom. The Balaban J connectivity index is 1.69. The summed E-state index contributed by atoms with van der Waals surface area (Å²) < 4.78 is 6.05. The molecule has 0 radical (unpaired) electrons. The molecule has 20 heavy (non-hydrogen) atoms. The first kappa shape index (κ1) is 13.7. The van der Waals surface area contributed by atoms with Crippen molar-refractivity contribution in [2.24, 2.45) is 0 Å². The number of ether oxygens (including phenoxy) is 1. The molecule has 1 aromatic rings. The predicted molar refractivity (Wildman–Crippen MR) is 77.0 cm³/mol. The quantitative estimate of drug-likeness (QED) is 0.805. The number of fused-ring (bicyclic) bond motifs is 2.